The molecule has 1 aromatic carbocycles. The van der Waals surface area contributed by atoms with Gasteiger partial charge in [-0.25, -0.2) is 13.6 Å². The number of nitrogens with zero attached hydrogens (tertiary/aromatic N) is 1. The van der Waals surface area contributed by atoms with Crippen molar-refractivity contribution in [3.8, 4) is 0 Å². The van der Waals surface area contributed by atoms with Gasteiger partial charge in [0.15, 0.2) is 0 Å². The minimum Gasteiger partial charge on any atom is -0.339 e. The van der Waals surface area contributed by atoms with E-state index in [2.05, 4.69) is 15.9 Å². The Kier molecular flexibility index (Phi) is 5.29. The lowest BCUT2D eigenvalue weighted by atomic mass is 10.2. The van der Waals surface area contributed by atoms with E-state index in [0.29, 0.717) is 17.6 Å². The number of benzene rings is 1. The molecule has 0 unspecified atom stereocenters. The molecule has 0 atom stereocenters. The Morgan fingerprint density at radius 1 is 1.19 bits per heavy atom. The van der Waals surface area contributed by atoms with Crippen molar-refractivity contribution in [1.82, 2.24) is 4.90 Å². The van der Waals surface area contributed by atoms with Crippen LogP contribution in [0.1, 0.15) is 36.0 Å². The molecule has 0 spiro atoms. The highest BCUT2D eigenvalue weighted by Gasteiger charge is 2.24. The van der Waals surface area contributed by atoms with Crippen molar-refractivity contribution in [2.24, 2.45) is 5.14 Å². The molecule has 1 amide bonds. The standard InChI is InChI=1S/C13H16BrClN2O3S/c14-9-7-10(12(15)11(8-9)21(16,19)20)13(18)17-5-3-1-2-4-6-17/h7-8H,1-6H2,(H2,16,19,20). The van der Waals surface area contributed by atoms with Crippen LogP contribution in [0, 0.1) is 0 Å². The Balaban J connectivity index is 2.43. The highest BCUT2D eigenvalue weighted by atomic mass is 79.9. The number of carbonyl (C=O) groups excluding carboxylic acids is 1. The molecule has 0 saturated carbocycles. The molecule has 8 heteroatoms. The molecule has 1 aliphatic heterocycles. The molecule has 0 radical (unpaired) electrons. The lowest BCUT2D eigenvalue weighted by Crippen LogP contribution is -2.32. The zero-order chi connectivity index (χ0) is 15.6. The monoisotopic (exact) mass is 394 g/mol. The lowest BCUT2D eigenvalue weighted by molar-refractivity contribution is 0.0761. The van der Waals surface area contributed by atoms with Crippen LogP contribution in [0.3, 0.4) is 0 Å². The molecule has 0 aromatic heterocycles. The van der Waals surface area contributed by atoms with Crippen LogP contribution in [-0.2, 0) is 10.0 Å². The maximum Gasteiger partial charge on any atom is 0.255 e. The Morgan fingerprint density at radius 3 is 2.29 bits per heavy atom. The second kappa shape index (κ2) is 6.64. The van der Waals surface area contributed by atoms with E-state index in [1.165, 1.54) is 12.1 Å². The third-order valence-corrected chi connectivity index (χ3v) is 5.35. The van der Waals surface area contributed by atoms with Gasteiger partial charge in [0.05, 0.1) is 10.6 Å². The minimum absolute atomic E-state index is 0.116. The number of rotatable bonds is 2. The van der Waals surface area contributed by atoms with E-state index in [4.69, 9.17) is 16.7 Å². The molecule has 1 aliphatic rings. The Hall–Kier alpha value is -0.630. The normalized spacial score (nSPS) is 16.6. The number of primary sulfonamides is 1. The van der Waals surface area contributed by atoms with Crippen molar-refractivity contribution in [2.75, 3.05) is 13.1 Å². The van der Waals surface area contributed by atoms with Crippen molar-refractivity contribution < 1.29 is 13.2 Å². The first kappa shape index (κ1) is 16.7. The average molecular weight is 396 g/mol. The molecule has 5 nitrogen and oxygen atoms in total. The number of sulfonamides is 1. The van der Waals surface area contributed by atoms with Gasteiger partial charge in [0.1, 0.15) is 4.90 Å². The average Bonchev–Trinajstić information content (AvgIpc) is 2.68. The number of hydrogen-bond acceptors (Lipinski definition) is 3. The van der Waals surface area contributed by atoms with Crippen LogP contribution < -0.4 is 5.14 Å². The van der Waals surface area contributed by atoms with Gasteiger partial charge in [-0.1, -0.05) is 40.4 Å². The molecule has 116 valence electrons. The topological polar surface area (TPSA) is 80.5 Å². The first-order chi connectivity index (χ1) is 9.80. The third-order valence-electron chi connectivity index (χ3n) is 3.43. The fraction of sp³-hybridized carbons (Fsp3) is 0.462. The fourth-order valence-corrected chi connectivity index (χ4v) is 4.14. The largest absolute Gasteiger partial charge is 0.339 e. The van der Waals surface area contributed by atoms with E-state index >= 15 is 0 Å². The van der Waals surface area contributed by atoms with Crippen molar-refractivity contribution in [3.05, 3.63) is 27.2 Å². The van der Waals surface area contributed by atoms with Crippen molar-refractivity contribution in [1.29, 1.82) is 0 Å². The quantitative estimate of drug-likeness (QED) is 0.836. The summed E-state index contributed by atoms with van der Waals surface area (Å²) in [5.74, 6) is -0.256. The van der Waals surface area contributed by atoms with Crippen LogP contribution in [0.5, 0.6) is 0 Å². The SMILES string of the molecule is NS(=O)(=O)c1cc(Br)cc(C(=O)N2CCCCCC2)c1Cl. The van der Waals surface area contributed by atoms with Crippen LogP contribution in [0.25, 0.3) is 0 Å². The summed E-state index contributed by atoms with van der Waals surface area (Å²) in [5, 5.41) is 5.03. The van der Waals surface area contributed by atoms with E-state index in [-0.39, 0.29) is 21.4 Å². The Labute approximate surface area is 137 Å². The van der Waals surface area contributed by atoms with Crippen LogP contribution in [0.2, 0.25) is 5.02 Å². The second-order valence-corrected chi connectivity index (χ2v) is 7.84. The van der Waals surface area contributed by atoms with Crippen LogP contribution in [-0.4, -0.2) is 32.3 Å². The number of halogens is 2. The third kappa shape index (κ3) is 3.97. The van der Waals surface area contributed by atoms with Crippen molar-refractivity contribution in [2.45, 2.75) is 30.6 Å². The van der Waals surface area contributed by atoms with E-state index < -0.39 is 10.0 Å². The minimum atomic E-state index is -3.98. The van der Waals surface area contributed by atoms with E-state index in [1.807, 2.05) is 0 Å². The Morgan fingerprint density at radius 2 is 1.76 bits per heavy atom. The molecule has 1 fully saturated rings. The van der Waals surface area contributed by atoms with Gasteiger partial charge in [-0.15, -0.1) is 0 Å². The van der Waals surface area contributed by atoms with Gasteiger partial charge in [-0.3, -0.25) is 4.79 Å². The summed E-state index contributed by atoms with van der Waals surface area (Å²) in [6.07, 6.45) is 4.08. The molecular formula is C13H16BrClN2O3S. The maximum absolute atomic E-state index is 12.6. The predicted molar refractivity (Wildman–Crippen MR) is 84.9 cm³/mol. The molecular weight excluding hydrogens is 380 g/mol. The Bertz CT molecular complexity index is 656. The number of nitrogens with two attached hydrogens (primary N) is 1. The van der Waals surface area contributed by atoms with E-state index in [1.54, 1.807) is 4.90 Å². The van der Waals surface area contributed by atoms with Gasteiger partial charge in [0, 0.05) is 17.6 Å². The zero-order valence-corrected chi connectivity index (χ0v) is 14.5. The zero-order valence-electron chi connectivity index (χ0n) is 11.3. The van der Waals surface area contributed by atoms with Gasteiger partial charge >= 0.3 is 0 Å². The molecule has 0 aliphatic carbocycles. The van der Waals surface area contributed by atoms with Crippen molar-refractivity contribution >= 4 is 43.5 Å². The molecule has 2 N–H and O–H groups in total. The van der Waals surface area contributed by atoms with Gasteiger partial charge in [-0.2, -0.15) is 0 Å². The first-order valence-corrected chi connectivity index (χ1v) is 9.33. The summed E-state index contributed by atoms with van der Waals surface area (Å²) in [4.78, 5) is 14.1. The van der Waals surface area contributed by atoms with Crippen LogP contribution in [0.4, 0.5) is 0 Å². The van der Waals surface area contributed by atoms with E-state index in [0.717, 1.165) is 25.7 Å². The fourth-order valence-electron chi connectivity index (χ4n) is 2.37. The number of hydrogen-bond donors (Lipinski definition) is 1. The van der Waals surface area contributed by atoms with Crippen molar-refractivity contribution in [3.63, 3.8) is 0 Å². The highest BCUT2D eigenvalue weighted by Crippen LogP contribution is 2.30. The molecule has 1 heterocycles. The summed E-state index contributed by atoms with van der Waals surface area (Å²) < 4.78 is 23.6. The summed E-state index contributed by atoms with van der Waals surface area (Å²) in [5.41, 5.74) is 0.164. The van der Waals surface area contributed by atoms with Crippen LogP contribution >= 0.6 is 27.5 Å². The number of likely N-dealkylation sites (tertiary alicyclic amines) is 1. The smallest absolute Gasteiger partial charge is 0.255 e. The maximum atomic E-state index is 12.6. The first-order valence-electron chi connectivity index (χ1n) is 6.62. The lowest BCUT2D eigenvalue weighted by Gasteiger charge is -2.21. The van der Waals surface area contributed by atoms with Gasteiger partial charge in [0.2, 0.25) is 10.0 Å². The molecule has 0 bridgehead atoms. The van der Waals surface area contributed by atoms with E-state index in [9.17, 15) is 13.2 Å². The second-order valence-electron chi connectivity index (χ2n) is 5.02. The summed E-state index contributed by atoms with van der Waals surface area (Å²) >= 11 is 9.29. The number of carbonyl (C=O) groups is 1. The summed E-state index contributed by atoms with van der Waals surface area (Å²) in [7, 11) is -3.98. The molecule has 1 saturated heterocycles. The van der Waals surface area contributed by atoms with Gasteiger partial charge < -0.3 is 4.90 Å². The molecule has 2 rings (SSSR count). The number of amides is 1. The summed E-state index contributed by atoms with van der Waals surface area (Å²) in [6.45, 7) is 1.32. The van der Waals surface area contributed by atoms with Crippen LogP contribution in [0.15, 0.2) is 21.5 Å². The summed E-state index contributed by atoms with van der Waals surface area (Å²) in [6, 6.07) is 2.83. The predicted octanol–water partition coefficient (Wildman–Crippen LogP) is 2.77. The van der Waals surface area contributed by atoms with Gasteiger partial charge in [-0.05, 0) is 25.0 Å². The van der Waals surface area contributed by atoms with Gasteiger partial charge in [0.25, 0.3) is 5.91 Å². The molecule has 1 aromatic rings. The molecule has 21 heavy (non-hydrogen) atoms. The highest BCUT2D eigenvalue weighted by molar-refractivity contribution is 9.10.